The summed E-state index contributed by atoms with van der Waals surface area (Å²) in [6, 6.07) is 10.3. The van der Waals surface area contributed by atoms with Crippen molar-refractivity contribution in [2.24, 2.45) is 40.9 Å². The maximum absolute atomic E-state index is 13.3. The van der Waals surface area contributed by atoms with Gasteiger partial charge in [0.05, 0.1) is 0 Å². The van der Waals surface area contributed by atoms with E-state index in [1.54, 1.807) is 0 Å². The first kappa shape index (κ1) is 26.2. The van der Waals surface area contributed by atoms with Crippen LogP contribution in [0.3, 0.4) is 0 Å². The average Bonchev–Trinajstić information content (AvgIpc) is 3.41. The van der Waals surface area contributed by atoms with Gasteiger partial charge in [-0.1, -0.05) is 77.3 Å². The lowest BCUT2D eigenvalue weighted by Crippen LogP contribution is -2.50. The molecular formula is C33H48O3. The van der Waals surface area contributed by atoms with Crippen molar-refractivity contribution in [2.45, 2.75) is 111 Å². The zero-order chi connectivity index (χ0) is 25.5. The van der Waals surface area contributed by atoms with Crippen molar-refractivity contribution in [3.63, 3.8) is 0 Å². The molecule has 8 atom stereocenters. The van der Waals surface area contributed by atoms with Crippen LogP contribution in [0, 0.1) is 40.9 Å². The topological polar surface area (TPSA) is 35.5 Å². The van der Waals surface area contributed by atoms with E-state index < -0.39 is 0 Å². The predicted octanol–water partition coefficient (Wildman–Crippen LogP) is 8.43. The molecular weight excluding hydrogens is 444 g/mol. The number of carbonyl (C=O) groups excluding carboxylic acids is 1. The Labute approximate surface area is 219 Å². The van der Waals surface area contributed by atoms with Crippen molar-refractivity contribution in [2.75, 3.05) is 0 Å². The van der Waals surface area contributed by atoms with Gasteiger partial charge in [0.15, 0.2) is 5.78 Å². The molecule has 3 aliphatic carbocycles. The number of allylic oxidation sites excluding steroid dienone is 1. The Morgan fingerprint density at radius 3 is 2.50 bits per heavy atom. The van der Waals surface area contributed by atoms with Crippen molar-refractivity contribution in [3.8, 4) is 0 Å². The van der Waals surface area contributed by atoms with Crippen LogP contribution in [0.1, 0.15) is 104 Å². The summed E-state index contributed by atoms with van der Waals surface area (Å²) < 4.78 is 0. The maximum Gasteiger partial charge on any atom is 0.156 e. The van der Waals surface area contributed by atoms with E-state index in [0.29, 0.717) is 29.6 Å². The highest BCUT2D eigenvalue weighted by atomic mass is 17.2. The Morgan fingerprint density at radius 1 is 0.972 bits per heavy atom. The van der Waals surface area contributed by atoms with Gasteiger partial charge in [0, 0.05) is 12.8 Å². The summed E-state index contributed by atoms with van der Waals surface area (Å²) in [6.45, 7) is 12.1. The molecule has 1 heterocycles. The zero-order valence-electron chi connectivity index (χ0n) is 23.3. The van der Waals surface area contributed by atoms with Gasteiger partial charge in [0.2, 0.25) is 0 Å². The smallest absolute Gasteiger partial charge is 0.156 e. The largest absolute Gasteiger partial charge is 0.295 e. The molecule has 36 heavy (non-hydrogen) atoms. The van der Waals surface area contributed by atoms with Crippen LogP contribution in [0.4, 0.5) is 0 Å². The summed E-state index contributed by atoms with van der Waals surface area (Å²) in [6.07, 6.45) is 13.4. The molecule has 1 saturated heterocycles. The van der Waals surface area contributed by atoms with Crippen molar-refractivity contribution < 1.29 is 14.6 Å². The minimum absolute atomic E-state index is 0.175. The van der Waals surface area contributed by atoms with E-state index in [1.165, 1.54) is 44.9 Å². The lowest BCUT2D eigenvalue weighted by molar-refractivity contribution is -0.332. The minimum Gasteiger partial charge on any atom is -0.295 e. The molecule has 2 bridgehead atoms. The normalized spacial score (nSPS) is 40.9. The Bertz CT molecular complexity index is 951. The second-order valence-electron chi connectivity index (χ2n) is 13.6. The second kappa shape index (κ2) is 10.4. The van der Waals surface area contributed by atoms with Gasteiger partial charge in [-0.2, -0.15) is 0 Å². The van der Waals surface area contributed by atoms with Crippen LogP contribution in [0.5, 0.6) is 0 Å². The van der Waals surface area contributed by atoms with Crippen LogP contribution in [0.25, 0.3) is 5.57 Å². The number of hydrogen-bond donors (Lipinski definition) is 0. The van der Waals surface area contributed by atoms with Gasteiger partial charge in [-0.05, 0) is 97.2 Å². The number of fused-ring (bicyclic) bond motifs is 6. The Kier molecular flexibility index (Phi) is 7.54. The van der Waals surface area contributed by atoms with E-state index in [0.717, 1.165) is 41.7 Å². The summed E-state index contributed by atoms with van der Waals surface area (Å²) in [5.41, 5.74) is 2.17. The third kappa shape index (κ3) is 4.87. The fourth-order valence-corrected chi connectivity index (χ4v) is 9.00. The first-order chi connectivity index (χ1) is 17.2. The van der Waals surface area contributed by atoms with Crippen LogP contribution in [0.2, 0.25) is 0 Å². The molecule has 0 N–H and O–H groups in total. The molecule has 1 aliphatic heterocycles. The number of ketones is 1. The standard InChI is InChI=1S/C33H48O3/c1-22(2)10-9-11-23(3)28-16-17-29-26-15-14-25(34)20-27(24-12-7-6-8-13-24)31-21-33(5,36-35-31)30(26)18-19-32(28,29)4/h6-8,12-13,20,22-23,26,28-31H,9-11,14-19,21H2,1-5H3/b27-20-/t23-,26+,28-,29+,30+,31-,32-,33+/m1/s1. The van der Waals surface area contributed by atoms with Crippen LogP contribution in [-0.4, -0.2) is 17.5 Å². The molecule has 0 amide bonds. The highest BCUT2D eigenvalue weighted by molar-refractivity contribution is 5.97. The van der Waals surface area contributed by atoms with Crippen LogP contribution in [0.15, 0.2) is 36.4 Å². The lowest BCUT2D eigenvalue weighted by atomic mass is 9.52. The molecule has 5 rings (SSSR count). The lowest BCUT2D eigenvalue weighted by Gasteiger charge is -2.53. The fourth-order valence-electron chi connectivity index (χ4n) is 9.00. The van der Waals surface area contributed by atoms with E-state index >= 15 is 0 Å². The summed E-state index contributed by atoms with van der Waals surface area (Å²) in [5, 5.41) is 0. The number of hydrogen-bond acceptors (Lipinski definition) is 3. The van der Waals surface area contributed by atoms with Crippen LogP contribution >= 0.6 is 0 Å². The van der Waals surface area contributed by atoms with Gasteiger partial charge in [-0.3, -0.25) is 4.79 Å². The fraction of sp³-hybridized carbons (Fsp3) is 0.727. The highest BCUT2D eigenvalue weighted by Gasteiger charge is 2.59. The first-order valence-corrected chi connectivity index (χ1v) is 14.9. The van der Waals surface area contributed by atoms with Crippen molar-refractivity contribution in [1.29, 1.82) is 0 Å². The van der Waals surface area contributed by atoms with Gasteiger partial charge in [0.25, 0.3) is 0 Å². The van der Waals surface area contributed by atoms with Gasteiger partial charge in [-0.15, -0.1) is 0 Å². The molecule has 0 spiro atoms. The third-order valence-electron chi connectivity index (χ3n) is 10.9. The van der Waals surface area contributed by atoms with E-state index in [9.17, 15) is 4.79 Å². The van der Waals surface area contributed by atoms with Gasteiger partial charge >= 0.3 is 0 Å². The molecule has 0 unspecified atom stereocenters. The van der Waals surface area contributed by atoms with Crippen LogP contribution in [-0.2, 0) is 14.6 Å². The van der Waals surface area contributed by atoms with E-state index in [2.05, 4.69) is 46.8 Å². The number of benzene rings is 1. The zero-order valence-corrected chi connectivity index (χ0v) is 23.3. The summed E-state index contributed by atoms with van der Waals surface area (Å²) >= 11 is 0. The van der Waals surface area contributed by atoms with Gasteiger partial charge in [0.1, 0.15) is 11.7 Å². The summed E-state index contributed by atoms with van der Waals surface area (Å²) in [5.74, 6) is 4.34. The second-order valence-corrected chi connectivity index (χ2v) is 13.6. The average molecular weight is 493 g/mol. The van der Waals surface area contributed by atoms with Crippen molar-refractivity contribution in [1.82, 2.24) is 0 Å². The predicted molar refractivity (Wildman–Crippen MR) is 146 cm³/mol. The molecule has 3 fully saturated rings. The third-order valence-corrected chi connectivity index (χ3v) is 10.9. The van der Waals surface area contributed by atoms with Gasteiger partial charge < -0.3 is 0 Å². The molecule has 1 aromatic carbocycles. The van der Waals surface area contributed by atoms with E-state index in [1.807, 2.05) is 24.3 Å². The molecule has 3 nitrogen and oxygen atoms in total. The van der Waals surface area contributed by atoms with Gasteiger partial charge in [-0.25, -0.2) is 9.78 Å². The van der Waals surface area contributed by atoms with E-state index in [-0.39, 0.29) is 17.5 Å². The molecule has 0 aromatic heterocycles. The minimum atomic E-state index is -0.286. The molecule has 3 heteroatoms. The van der Waals surface area contributed by atoms with Crippen LogP contribution < -0.4 is 0 Å². The number of rotatable bonds is 6. The van der Waals surface area contributed by atoms with Crippen molar-refractivity contribution in [3.05, 3.63) is 42.0 Å². The molecule has 4 aliphatic rings. The highest BCUT2D eigenvalue weighted by Crippen LogP contribution is 2.64. The summed E-state index contributed by atoms with van der Waals surface area (Å²) in [7, 11) is 0. The number of carbonyl (C=O) groups is 1. The molecule has 2 saturated carbocycles. The Morgan fingerprint density at radius 2 is 1.75 bits per heavy atom. The van der Waals surface area contributed by atoms with E-state index in [4.69, 9.17) is 9.78 Å². The monoisotopic (exact) mass is 492 g/mol. The Hall–Kier alpha value is -1.45. The maximum atomic E-state index is 13.3. The first-order valence-electron chi connectivity index (χ1n) is 14.9. The SMILES string of the molecule is CC(C)CCC[C@@H](C)[C@H]1CC[C@H]2[C@@H]3CCC(=O)/C=C(/c4ccccc4)[C@H]4C[C@](C)(OO4)[C@H]3CC[C@]12C. The van der Waals surface area contributed by atoms with Crippen molar-refractivity contribution >= 4 is 11.4 Å². The molecule has 198 valence electrons. The Balaban J connectivity index is 1.39. The molecule has 0 radical (unpaired) electrons. The molecule has 1 aromatic rings. The quantitative estimate of drug-likeness (QED) is 0.374. The summed E-state index contributed by atoms with van der Waals surface area (Å²) in [4.78, 5) is 25.6.